The van der Waals surface area contributed by atoms with Gasteiger partial charge in [0, 0.05) is 7.11 Å². The van der Waals surface area contributed by atoms with Gasteiger partial charge < -0.3 is 9.84 Å². The molecule has 4 aliphatic rings. The van der Waals surface area contributed by atoms with Crippen LogP contribution in [0.25, 0.3) is 0 Å². The Morgan fingerprint density at radius 3 is 2.31 bits per heavy atom. The van der Waals surface area contributed by atoms with Gasteiger partial charge in [0.15, 0.2) is 0 Å². The normalized spacial score (nSPS) is 42.6. The van der Waals surface area contributed by atoms with Crippen LogP contribution in [-0.2, 0) is 4.74 Å². The minimum Gasteiger partial charge on any atom is -0.390 e. The first-order chi connectivity index (χ1) is 16.2. The molecular weight excluding hydrogens is 434 g/mol. The van der Waals surface area contributed by atoms with Gasteiger partial charge in [-0.2, -0.15) is 4.91 Å². The van der Waals surface area contributed by atoms with Crippen LogP contribution in [0.1, 0.15) is 120 Å². The van der Waals surface area contributed by atoms with E-state index in [9.17, 15) is 10.0 Å². The molecule has 200 valence electrons. The van der Waals surface area contributed by atoms with Crippen LogP contribution in [0.2, 0.25) is 0 Å². The van der Waals surface area contributed by atoms with Gasteiger partial charge in [-0.3, -0.25) is 0 Å². The van der Waals surface area contributed by atoms with E-state index >= 15 is 0 Å². The second-order valence-electron chi connectivity index (χ2n) is 14.7. The highest BCUT2D eigenvalue weighted by molar-refractivity contribution is 5.38. The Morgan fingerprint density at radius 2 is 1.69 bits per heavy atom. The number of methoxy groups -OCH3 is 1. The molecule has 0 aliphatic heterocycles. The summed E-state index contributed by atoms with van der Waals surface area (Å²) in [5.74, 6) is 1.86. The van der Waals surface area contributed by atoms with E-state index < -0.39 is 11.7 Å². The molecule has 5 unspecified atom stereocenters. The summed E-state index contributed by atoms with van der Waals surface area (Å²) >= 11 is 0. The number of allylic oxidation sites excluding steroid dienone is 2. The maximum absolute atomic E-state index is 11.7. The lowest BCUT2D eigenvalue weighted by molar-refractivity contribution is -0.0835. The molecule has 4 heteroatoms. The first kappa shape index (κ1) is 27.3. The quantitative estimate of drug-likeness (QED) is 0.292. The number of rotatable bonds is 7. The third-order valence-electron chi connectivity index (χ3n) is 12.8. The molecule has 35 heavy (non-hydrogen) atoms. The van der Waals surface area contributed by atoms with Gasteiger partial charge in [0.2, 0.25) is 0 Å². The monoisotopic (exact) mass is 487 g/mol. The van der Waals surface area contributed by atoms with Crippen LogP contribution in [-0.4, -0.2) is 30.0 Å². The number of aliphatic hydroxyl groups is 1. The van der Waals surface area contributed by atoms with Crippen LogP contribution < -0.4 is 0 Å². The smallest absolute Gasteiger partial charge is 0.0973 e. The molecule has 0 heterocycles. The van der Waals surface area contributed by atoms with E-state index in [0.29, 0.717) is 23.2 Å². The first-order valence-corrected chi connectivity index (χ1v) is 14.5. The minimum atomic E-state index is -0.488. The van der Waals surface area contributed by atoms with Crippen LogP contribution in [0.4, 0.5) is 0 Å². The molecule has 0 amide bonds. The van der Waals surface area contributed by atoms with Crippen LogP contribution in [0, 0.1) is 44.3 Å². The molecule has 1 N–H and O–H groups in total. The summed E-state index contributed by atoms with van der Waals surface area (Å²) in [6.07, 6.45) is 11.0. The standard InChI is InChI=1S/C31H53NO3/c1-20(10-13-26(33)28(4,5)35-9)21-14-18-31(8)23-11-12-24-27(2,3)25(32-34)16-17-29(24,6)22(23)15-19-30(21,31)7/h20-21,24-26,33H,10-19H2,1-9H3/t20-,21?,24?,25?,26?,29?,30+,31-/m0/s1. The molecule has 4 rings (SSSR count). The largest absolute Gasteiger partial charge is 0.390 e. The fourth-order valence-corrected chi connectivity index (χ4v) is 9.92. The maximum Gasteiger partial charge on any atom is 0.0973 e. The molecule has 0 radical (unpaired) electrons. The molecule has 0 aromatic heterocycles. The molecular formula is C31H53NO3. The van der Waals surface area contributed by atoms with Crippen LogP contribution in [0.15, 0.2) is 16.3 Å². The lowest BCUT2D eigenvalue weighted by Crippen LogP contribution is -2.54. The summed E-state index contributed by atoms with van der Waals surface area (Å²) in [5.41, 5.74) is 3.90. The van der Waals surface area contributed by atoms with Crippen molar-refractivity contribution in [1.29, 1.82) is 0 Å². The minimum absolute atomic E-state index is 0.0154. The van der Waals surface area contributed by atoms with Crippen LogP contribution >= 0.6 is 0 Å². The van der Waals surface area contributed by atoms with Gasteiger partial charge in [-0.05, 0) is 117 Å². The van der Waals surface area contributed by atoms with Crippen molar-refractivity contribution in [3.63, 3.8) is 0 Å². The Bertz CT molecular complexity index is 861. The van der Waals surface area contributed by atoms with Gasteiger partial charge in [0.05, 0.1) is 17.7 Å². The number of nitrogens with zero attached hydrogens (tertiary/aromatic N) is 1. The highest BCUT2D eigenvalue weighted by Crippen LogP contribution is 2.72. The molecule has 4 nitrogen and oxygen atoms in total. The van der Waals surface area contributed by atoms with Crippen molar-refractivity contribution >= 4 is 0 Å². The molecule has 0 spiro atoms. The summed E-state index contributed by atoms with van der Waals surface area (Å²) in [7, 11) is 1.70. The number of aliphatic hydroxyl groups excluding tert-OH is 1. The van der Waals surface area contributed by atoms with Crippen molar-refractivity contribution in [3.8, 4) is 0 Å². The highest BCUT2D eigenvalue weighted by Gasteiger charge is 2.63. The zero-order valence-corrected chi connectivity index (χ0v) is 24.2. The molecule has 0 aromatic rings. The van der Waals surface area contributed by atoms with E-state index in [1.807, 2.05) is 13.8 Å². The second kappa shape index (κ2) is 8.93. The van der Waals surface area contributed by atoms with Crippen molar-refractivity contribution in [2.24, 2.45) is 44.6 Å². The Labute approximate surface area is 215 Å². The number of hydrogen-bond donors (Lipinski definition) is 1. The Kier molecular flexibility index (Phi) is 6.96. The van der Waals surface area contributed by atoms with Crippen molar-refractivity contribution < 1.29 is 9.84 Å². The number of nitroso groups, excluding NO2 is 1. The average molecular weight is 488 g/mol. The average Bonchev–Trinajstić information content (AvgIpc) is 3.08. The molecule has 0 aromatic carbocycles. The molecule has 2 saturated carbocycles. The summed E-state index contributed by atoms with van der Waals surface area (Å²) in [5, 5.41) is 14.3. The van der Waals surface area contributed by atoms with Gasteiger partial charge in [-0.25, -0.2) is 0 Å². The lowest BCUT2D eigenvalue weighted by Gasteiger charge is -2.62. The zero-order chi connectivity index (χ0) is 26.0. The molecule has 2 fully saturated rings. The number of fused-ring (bicyclic) bond motifs is 4. The third kappa shape index (κ3) is 3.90. The van der Waals surface area contributed by atoms with Gasteiger partial charge in [-0.1, -0.05) is 57.9 Å². The Balaban J connectivity index is 1.59. The fraction of sp³-hybridized carbons (Fsp3) is 0.935. The lowest BCUT2D eigenvalue weighted by atomic mass is 9.43. The van der Waals surface area contributed by atoms with Gasteiger partial charge in [0.25, 0.3) is 0 Å². The molecule has 0 saturated heterocycles. The van der Waals surface area contributed by atoms with E-state index in [-0.39, 0.29) is 22.3 Å². The first-order valence-electron chi connectivity index (χ1n) is 14.5. The predicted octanol–water partition coefficient (Wildman–Crippen LogP) is 8.07. The molecule has 4 aliphatic carbocycles. The van der Waals surface area contributed by atoms with E-state index in [1.54, 1.807) is 18.3 Å². The van der Waals surface area contributed by atoms with Crippen molar-refractivity contribution in [2.75, 3.05) is 7.11 Å². The zero-order valence-electron chi connectivity index (χ0n) is 24.2. The summed E-state index contributed by atoms with van der Waals surface area (Å²) in [6.45, 7) is 18.8. The van der Waals surface area contributed by atoms with Crippen molar-refractivity contribution in [2.45, 2.75) is 137 Å². The van der Waals surface area contributed by atoms with E-state index in [1.165, 1.54) is 38.5 Å². The topological polar surface area (TPSA) is 58.9 Å². The SMILES string of the molecule is COC(C)(C)C(O)CC[C@H](C)C1CC[C@@]2(C)C3=C(CC[C@]12C)C1(C)CCC(N=O)C(C)(C)C1CC3. The van der Waals surface area contributed by atoms with Gasteiger partial charge in [-0.15, -0.1) is 0 Å². The van der Waals surface area contributed by atoms with E-state index in [2.05, 4.69) is 46.7 Å². The summed E-state index contributed by atoms with van der Waals surface area (Å²) in [6, 6.07) is -0.0395. The van der Waals surface area contributed by atoms with Crippen molar-refractivity contribution in [1.82, 2.24) is 0 Å². The van der Waals surface area contributed by atoms with E-state index in [0.717, 1.165) is 25.7 Å². The highest BCUT2D eigenvalue weighted by atomic mass is 16.5. The van der Waals surface area contributed by atoms with E-state index in [4.69, 9.17) is 4.74 Å². The number of hydrogen-bond acceptors (Lipinski definition) is 4. The summed E-state index contributed by atoms with van der Waals surface area (Å²) < 4.78 is 5.54. The predicted molar refractivity (Wildman–Crippen MR) is 144 cm³/mol. The molecule has 0 bridgehead atoms. The fourth-order valence-electron chi connectivity index (χ4n) is 9.92. The Morgan fingerprint density at radius 1 is 1.00 bits per heavy atom. The van der Waals surface area contributed by atoms with Gasteiger partial charge >= 0.3 is 0 Å². The Hall–Kier alpha value is -0.740. The molecule has 8 atom stereocenters. The number of ether oxygens (including phenoxy) is 1. The van der Waals surface area contributed by atoms with Crippen LogP contribution in [0.3, 0.4) is 0 Å². The van der Waals surface area contributed by atoms with Crippen molar-refractivity contribution in [3.05, 3.63) is 16.1 Å². The van der Waals surface area contributed by atoms with Gasteiger partial charge in [0.1, 0.15) is 0 Å². The summed E-state index contributed by atoms with van der Waals surface area (Å²) in [4.78, 5) is 11.7. The second-order valence-corrected chi connectivity index (χ2v) is 14.7. The van der Waals surface area contributed by atoms with Crippen LogP contribution in [0.5, 0.6) is 0 Å². The maximum atomic E-state index is 11.7. The third-order valence-corrected chi connectivity index (χ3v) is 12.8.